The van der Waals surface area contributed by atoms with Crippen molar-refractivity contribution >= 4 is 0 Å². The maximum atomic E-state index is 9.50. The fourth-order valence-corrected chi connectivity index (χ4v) is 3.59. The number of aliphatic hydroxyl groups is 1. The molecule has 4 rings (SSSR count). The summed E-state index contributed by atoms with van der Waals surface area (Å²) in [4.78, 5) is 6.77. The minimum Gasteiger partial charge on any atom is -0.395 e. The molecular weight excluding hydrogens is 314 g/mol. The second-order valence-electron chi connectivity index (χ2n) is 6.33. The number of rotatable bonds is 6. The van der Waals surface area contributed by atoms with E-state index in [2.05, 4.69) is 39.3 Å². The van der Waals surface area contributed by atoms with E-state index in [0.29, 0.717) is 30.8 Å². The molecule has 1 unspecified atom stereocenters. The van der Waals surface area contributed by atoms with Crippen LogP contribution in [0.4, 0.5) is 0 Å². The lowest BCUT2D eigenvalue weighted by Crippen LogP contribution is -2.30. The van der Waals surface area contributed by atoms with Gasteiger partial charge in [-0.25, -0.2) is 0 Å². The second kappa shape index (κ2) is 7.17. The molecule has 0 fully saturated rings. The first-order valence-electron chi connectivity index (χ1n) is 8.66. The summed E-state index contributed by atoms with van der Waals surface area (Å²) in [7, 11) is 0. The van der Waals surface area contributed by atoms with E-state index in [-0.39, 0.29) is 6.61 Å². The summed E-state index contributed by atoms with van der Waals surface area (Å²) in [6.45, 7) is 1.27. The molecule has 0 aliphatic heterocycles. The summed E-state index contributed by atoms with van der Waals surface area (Å²) in [5.74, 6) is 1.18. The number of aryl methyl sites for hydroxylation is 1. The third kappa shape index (κ3) is 3.34. The molecular formula is C20H21N3O2. The number of aliphatic hydroxyl groups excluding tert-OH is 1. The number of hydrogen-bond acceptors (Lipinski definition) is 5. The topological polar surface area (TPSA) is 62.4 Å². The average Bonchev–Trinajstić information content (AvgIpc) is 3.29. The van der Waals surface area contributed by atoms with Crippen molar-refractivity contribution < 1.29 is 9.63 Å². The van der Waals surface area contributed by atoms with Gasteiger partial charge in [0.1, 0.15) is 0 Å². The van der Waals surface area contributed by atoms with Crippen molar-refractivity contribution in [1.82, 2.24) is 15.0 Å². The molecule has 0 radical (unpaired) electrons. The highest BCUT2D eigenvalue weighted by molar-refractivity contribution is 5.51. The Morgan fingerprint density at radius 1 is 1.08 bits per heavy atom. The molecule has 0 bridgehead atoms. The molecule has 5 nitrogen and oxygen atoms in total. The zero-order valence-electron chi connectivity index (χ0n) is 14.0. The highest BCUT2D eigenvalue weighted by Gasteiger charge is 2.28. The molecule has 0 saturated carbocycles. The average molecular weight is 335 g/mol. The van der Waals surface area contributed by atoms with E-state index in [0.717, 1.165) is 18.4 Å². The van der Waals surface area contributed by atoms with Gasteiger partial charge >= 0.3 is 0 Å². The van der Waals surface area contributed by atoms with Crippen LogP contribution in [0.3, 0.4) is 0 Å². The van der Waals surface area contributed by atoms with Crippen LogP contribution in [-0.4, -0.2) is 33.3 Å². The van der Waals surface area contributed by atoms with Crippen molar-refractivity contribution in [3.63, 3.8) is 0 Å². The Hall–Kier alpha value is -2.50. The van der Waals surface area contributed by atoms with Gasteiger partial charge in [0.2, 0.25) is 0 Å². The minimum absolute atomic E-state index is 0.113. The Kier molecular flexibility index (Phi) is 4.59. The van der Waals surface area contributed by atoms with Crippen LogP contribution >= 0.6 is 0 Å². The molecule has 1 heterocycles. The zero-order chi connectivity index (χ0) is 17.1. The third-order valence-corrected chi connectivity index (χ3v) is 4.76. The van der Waals surface area contributed by atoms with Gasteiger partial charge in [-0.05, 0) is 36.1 Å². The molecule has 0 saturated heterocycles. The lowest BCUT2D eigenvalue weighted by atomic mass is 10.1. The summed E-state index contributed by atoms with van der Waals surface area (Å²) in [6.07, 6.45) is 2.13. The van der Waals surface area contributed by atoms with E-state index in [9.17, 15) is 5.11 Å². The number of benzene rings is 2. The van der Waals surface area contributed by atoms with E-state index in [1.54, 1.807) is 0 Å². The first-order valence-corrected chi connectivity index (χ1v) is 8.66. The normalized spacial score (nSPS) is 16.3. The maximum Gasteiger partial charge on any atom is 0.257 e. The lowest BCUT2D eigenvalue weighted by molar-refractivity contribution is 0.138. The third-order valence-electron chi connectivity index (χ3n) is 4.76. The fraction of sp³-hybridized carbons (Fsp3) is 0.300. The Bertz CT molecular complexity index is 832. The van der Waals surface area contributed by atoms with Gasteiger partial charge in [0.25, 0.3) is 5.89 Å². The molecule has 1 aliphatic carbocycles. The zero-order valence-corrected chi connectivity index (χ0v) is 14.0. The largest absolute Gasteiger partial charge is 0.395 e. The summed E-state index contributed by atoms with van der Waals surface area (Å²) < 4.78 is 5.41. The standard InChI is InChI=1S/C20H21N3O2/c24-13-12-23(18-11-10-15-6-4-5-9-17(15)18)14-19-21-20(25-22-19)16-7-2-1-3-8-16/h1-9,18,24H,10-14H2. The van der Waals surface area contributed by atoms with Crippen molar-refractivity contribution in [1.29, 1.82) is 0 Å². The van der Waals surface area contributed by atoms with Crippen molar-refractivity contribution in [2.75, 3.05) is 13.2 Å². The monoisotopic (exact) mass is 335 g/mol. The van der Waals surface area contributed by atoms with Crippen molar-refractivity contribution in [3.8, 4) is 11.5 Å². The maximum absolute atomic E-state index is 9.50. The van der Waals surface area contributed by atoms with Gasteiger partial charge in [0.05, 0.1) is 13.2 Å². The molecule has 2 aromatic carbocycles. The van der Waals surface area contributed by atoms with Crippen LogP contribution in [0.1, 0.15) is 29.4 Å². The number of hydrogen-bond donors (Lipinski definition) is 1. The molecule has 3 aromatic rings. The summed E-state index contributed by atoms with van der Waals surface area (Å²) in [5, 5.41) is 13.6. The second-order valence-corrected chi connectivity index (χ2v) is 6.33. The SMILES string of the molecule is OCCN(Cc1noc(-c2ccccc2)n1)C1CCc2ccccc21. The first-order chi connectivity index (χ1) is 12.3. The first kappa shape index (κ1) is 16.0. The Labute approximate surface area is 146 Å². The van der Waals surface area contributed by atoms with Gasteiger partial charge in [0.15, 0.2) is 5.82 Å². The molecule has 128 valence electrons. The summed E-state index contributed by atoms with van der Waals surface area (Å²) in [6, 6.07) is 18.6. The van der Waals surface area contributed by atoms with Gasteiger partial charge in [-0.15, -0.1) is 0 Å². The van der Waals surface area contributed by atoms with Gasteiger partial charge in [-0.2, -0.15) is 4.98 Å². The lowest BCUT2D eigenvalue weighted by Gasteiger charge is -2.27. The highest BCUT2D eigenvalue weighted by Crippen LogP contribution is 2.36. The molecule has 25 heavy (non-hydrogen) atoms. The van der Waals surface area contributed by atoms with Crippen LogP contribution < -0.4 is 0 Å². The van der Waals surface area contributed by atoms with Gasteiger partial charge in [0, 0.05) is 18.2 Å². The summed E-state index contributed by atoms with van der Waals surface area (Å²) in [5.41, 5.74) is 3.66. The van der Waals surface area contributed by atoms with E-state index < -0.39 is 0 Å². The summed E-state index contributed by atoms with van der Waals surface area (Å²) >= 11 is 0. The van der Waals surface area contributed by atoms with Crippen LogP contribution in [0.15, 0.2) is 59.1 Å². The van der Waals surface area contributed by atoms with Crippen molar-refractivity contribution in [3.05, 3.63) is 71.5 Å². The van der Waals surface area contributed by atoms with Crippen LogP contribution in [0.2, 0.25) is 0 Å². The Balaban J connectivity index is 1.54. The van der Waals surface area contributed by atoms with E-state index in [4.69, 9.17) is 4.52 Å². The van der Waals surface area contributed by atoms with Gasteiger partial charge in [-0.3, -0.25) is 4.90 Å². The number of nitrogens with zero attached hydrogens (tertiary/aromatic N) is 3. The smallest absolute Gasteiger partial charge is 0.257 e. The molecule has 5 heteroatoms. The molecule has 1 aromatic heterocycles. The molecule has 1 N–H and O–H groups in total. The van der Waals surface area contributed by atoms with Crippen molar-refractivity contribution in [2.45, 2.75) is 25.4 Å². The Morgan fingerprint density at radius 2 is 1.88 bits per heavy atom. The fourth-order valence-electron chi connectivity index (χ4n) is 3.59. The predicted octanol–water partition coefficient (Wildman–Crippen LogP) is 3.22. The van der Waals surface area contributed by atoms with Gasteiger partial charge in [-0.1, -0.05) is 47.6 Å². The van der Waals surface area contributed by atoms with Crippen LogP contribution in [0, 0.1) is 0 Å². The quantitative estimate of drug-likeness (QED) is 0.749. The van der Waals surface area contributed by atoms with Crippen LogP contribution in [-0.2, 0) is 13.0 Å². The van der Waals surface area contributed by atoms with Gasteiger partial charge < -0.3 is 9.63 Å². The van der Waals surface area contributed by atoms with Crippen LogP contribution in [0.25, 0.3) is 11.5 Å². The molecule has 1 aliphatic rings. The van der Waals surface area contributed by atoms with Crippen LogP contribution in [0.5, 0.6) is 0 Å². The van der Waals surface area contributed by atoms with E-state index in [1.807, 2.05) is 30.3 Å². The highest BCUT2D eigenvalue weighted by atomic mass is 16.5. The molecule has 1 atom stereocenters. The van der Waals surface area contributed by atoms with E-state index >= 15 is 0 Å². The minimum atomic E-state index is 0.113. The van der Waals surface area contributed by atoms with Crippen molar-refractivity contribution in [2.24, 2.45) is 0 Å². The predicted molar refractivity (Wildman–Crippen MR) is 94.7 cm³/mol. The molecule has 0 spiro atoms. The molecule has 0 amide bonds. The Morgan fingerprint density at radius 3 is 2.72 bits per heavy atom. The van der Waals surface area contributed by atoms with E-state index in [1.165, 1.54) is 11.1 Å². The number of aromatic nitrogens is 2. The number of fused-ring (bicyclic) bond motifs is 1.